The molecule has 0 aliphatic rings. The van der Waals surface area contributed by atoms with E-state index in [9.17, 15) is 4.79 Å². The maximum Gasteiger partial charge on any atom is 0.221 e. The fourth-order valence-corrected chi connectivity index (χ4v) is 3.39. The molecule has 0 saturated carbocycles. The normalized spacial score (nSPS) is 10.5. The molecule has 0 fully saturated rings. The molecule has 0 saturated heterocycles. The Morgan fingerprint density at radius 3 is 2.32 bits per heavy atom. The van der Waals surface area contributed by atoms with E-state index < -0.39 is 0 Å². The van der Waals surface area contributed by atoms with Gasteiger partial charge in [0.1, 0.15) is 6.61 Å². The Bertz CT molecular complexity index is 1040. The molecule has 5 nitrogen and oxygen atoms in total. The number of hydrogen-bond donors (Lipinski definition) is 2. The highest BCUT2D eigenvalue weighted by Crippen LogP contribution is 2.34. The minimum absolute atomic E-state index is 0.103. The van der Waals surface area contributed by atoms with Gasteiger partial charge in [0.05, 0.1) is 6.61 Å². The van der Waals surface area contributed by atoms with Crippen LogP contribution in [-0.4, -0.2) is 12.5 Å². The van der Waals surface area contributed by atoms with Gasteiger partial charge >= 0.3 is 0 Å². The summed E-state index contributed by atoms with van der Waals surface area (Å²) in [7, 11) is 0. The van der Waals surface area contributed by atoms with E-state index in [1.165, 1.54) is 6.92 Å². The Kier molecular flexibility index (Phi) is 8.04. The predicted molar refractivity (Wildman–Crippen MR) is 126 cm³/mol. The zero-order valence-corrected chi connectivity index (χ0v) is 18.9. The molecule has 31 heavy (non-hydrogen) atoms. The van der Waals surface area contributed by atoms with Crippen LogP contribution >= 0.6 is 23.2 Å². The molecule has 1 amide bonds. The lowest BCUT2D eigenvalue weighted by Crippen LogP contribution is -2.06. The molecule has 3 rings (SSSR count). The van der Waals surface area contributed by atoms with Crippen molar-refractivity contribution in [2.45, 2.75) is 27.0 Å². The average molecular weight is 459 g/mol. The molecule has 0 aromatic heterocycles. The topological polar surface area (TPSA) is 59.6 Å². The van der Waals surface area contributed by atoms with E-state index in [-0.39, 0.29) is 5.91 Å². The molecule has 0 radical (unpaired) electrons. The molecule has 3 aromatic carbocycles. The van der Waals surface area contributed by atoms with Crippen LogP contribution < -0.4 is 20.1 Å². The van der Waals surface area contributed by atoms with Gasteiger partial charge < -0.3 is 20.1 Å². The first kappa shape index (κ1) is 22.8. The molecule has 0 unspecified atom stereocenters. The zero-order valence-electron chi connectivity index (χ0n) is 17.4. The minimum Gasteiger partial charge on any atom is -0.490 e. The Morgan fingerprint density at radius 1 is 0.935 bits per heavy atom. The lowest BCUT2D eigenvalue weighted by molar-refractivity contribution is -0.114. The van der Waals surface area contributed by atoms with Crippen molar-refractivity contribution in [3.05, 3.63) is 81.8 Å². The number of halogens is 2. The van der Waals surface area contributed by atoms with Crippen LogP contribution in [0.3, 0.4) is 0 Å². The zero-order chi connectivity index (χ0) is 22.2. The average Bonchev–Trinajstić information content (AvgIpc) is 2.73. The number of hydrogen-bond acceptors (Lipinski definition) is 4. The van der Waals surface area contributed by atoms with E-state index in [0.29, 0.717) is 41.3 Å². The van der Waals surface area contributed by atoms with Crippen LogP contribution in [0.1, 0.15) is 25.0 Å². The molecule has 0 atom stereocenters. The number of amides is 1. The van der Waals surface area contributed by atoms with Crippen LogP contribution in [0.15, 0.2) is 60.7 Å². The third kappa shape index (κ3) is 6.81. The molecule has 0 aliphatic heterocycles. The van der Waals surface area contributed by atoms with E-state index in [4.69, 9.17) is 32.7 Å². The molecule has 3 aromatic rings. The van der Waals surface area contributed by atoms with Gasteiger partial charge in [0.15, 0.2) is 11.5 Å². The standard InChI is InChI=1S/C24H24Cl2N2O3/c1-3-30-23-12-18(14-27-20-7-9-21(10-8-20)28-16(2)29)22(26)13-24(23)31-15-17-5-4-6-19(25)11-17/h4-13,27H,3,14-15H2,1-2H3,(H,28,29). The summed E-state index contributed by atoms with van der Waals surface area (Å²) in [5, 5.41) is 7.31. The second-order valence-corrected chi connectivity index (χ2v) is 7.70. The molecule has 0 bridgehead atoms. The fraction of sp³-hybridized carbons (Fsp3) is 0.208. The summed E-state index contributed by atoms with van der Waals surface area (Å²) in [5.74, 6) is 1.11. The van der Waals surface area contributed by atoms with Crippen LogP contribution in [-0.2, 0) is 17.9 Å². The van der Waals surface area contributed by atoms with Crippen molar-refractivity contribution >= 4 is 40.5 Å². The summed E-state index contributed by atoms with van der Waals surface area (Å²) in [4.78, 5) is 11.1. The largest absolute Gasteiger partial charge is 0.490 e. The fourth-order valence-electron chi connectivity index (χ4n) is 2.95. The van der Waals surface area contributed by atoms with Gasteiger partial charge in [-0.25, -0.2) is 0 Å². The molecular formula is C24H24Cl2N2O3. The third-order valence-electron chi connectivity index (χ3n) is 4.38. The number of rotatable bonds is 9. The maximum absolute atomic E-state index is 11.1. The van der Waals surface area contributed by atoms with E-state index >= 15 is 0 Å². The second kappa shape index (κ2) is 10.9. The maximum atomic E-state index is 11.1. The molecule has 162 valence electrons. The Hall–Kier alpha value is -2.89. The monoisotopic (exact) mass is 458 g/mol. The van der Waals surface area contributed by atoms with Crippen molar-refractivity contribution in [3.8, 4) is 11.5 Å². The van der Waals surface area contributed by atoms with Crippen molar-refractivity contribution in [2.24, 2.45) is 0 Å². The van der Waals surface area contributed by atoms with E-state index in [1.54, 1.807) is 6.07 Å². The number of benzene rings is 3. The number of carbonyl (C=O) groups is 1. The summed E-state index contributed by atoms with van der Waals surface area (Å²) in [5.41, 5.74) is 3.49. The smallest absolute Gasteiger partial charge is 0.221 e. The van der Waals surface area contributed by atoms with E-state index in [1.807, 2.05) is 61.5 Å². The predicted octanol–water partition coefficient (Wildman–Crippen LogP) is 6.54. The Labute approximate surface area is 192 Å². The van der Waals surface area contributed by atoms with Crippen molar-refractivity contribution in [2.75, 3.05) is 17.2 Å². The quantitative estimate of drug-likeness (QED) is 0.381. The van der Waals surface area contributed by atoms with Gasteiger partial charge in [0, 0.05) is 41.0 Å². The first-order valence-electron chi connectivity index (χ1n) is 9.88. The van der Waals surface area contributed by atoms with Crippen molar-refractivity contribution in [1.82, 2.24) is 0 Å². The highest BCUT2D eigenvalue weighted by atomic mass is 35.5. The lowest BCUT2D eigenvalue weighted by Gasteiger charge is -2.16. The Balaban J connectivity index is 1.69. The summed E-state index contributed by atoms with van der Waals surface area (Å²) in [6, 6.07) is 18.6. The minimum atomic E-state index is -0.103. The first-order valence-corrected chi connectivity index (χ1v) is 10.6. The molecule has 0 aliphatic carbocycles. The van der Waals surface area contributed by atoms with Crippen LogP contribution in [0.2, 0.25) is 10.0 Å². The van der Waals surface area contributed by atoms with Gasteiger partial charge in [-0.05, 0) is 60.5 Å². The molecule has 0 heterocycles. The molecule has 2 N–H and O–H groups in total. The molecular weight excluding hydrogens is 435 g/mol. The van der Waals surface area contributed by atoms with E-state index in [0.717, 1.165) is 22.5 Å². The summed E-state index contributed by atoms with van der Waals surface area (Å²) < 4.78 is 11.7. The van der Waals surface area contributed by atoms with Gasteiger partial charge in [0.2, 0.25) is 5.91 Å². The van der Waals surface area contributed by atoms with Crippen LogP contribution in [0, 0.1) is 0 Å². The van der Waals surface area contributed by atoms with Gasteiger partial charge in [-0.3, -0.25) is 4.79 Å². The summed E-state index contributed by atoms with van der Waals surface area (Å²) in [6.07, 6.45) is 0. The van der Waals surface area contributed by atoms with Crippen molar-refractivity contribution in [1.29, 1.82) is 0 Å². The SMILES string of the molecule is CCOc1cc(CNc2ccc(NC(C)=O)cc2)c(Cl)cc1OCc1cccc(Cl)c1. The summed E-state index contributed by atoms with van der Waals surface area (Å²) in [6.45, 7) is 4.77. The second-order valence-electron chi connectivity index (χ2n) is 6.85. The van der Waals surface area contributed by atoms with E-state index in [2.05, 4.69) is 10.6 Å². The van der Waals surface area contributed by atoms with Gasteiger partial charge in [-0.1, -0.05) is 35.3 Å². The van der Waals surface area contributed by atoms with Crippen LogP contribution in [0.4, 0.5) is 11.4 Å². The first-order chi connectivity index (χ1) is 14.9. The molecule has 0 spiro atoms. The summed E-state index contributed by atoms with van der Waals surface area (Å²) >= 11 is 12.6. The van der Waals surface area contributed by atoms with Gasteiger partial charge in [-0.15, -0.1) is 0 Å². The highest BCUT2D eigenvalue weighted by Gasteiger charge is 2.12. The van der Waals surface area contributed by atoms with Crippen molar-refractivity contribution in [3.63, 3.8) is 0 Å². The van der Waals surface area contributed by atoms with Gasteiger partial charge in [0.25, 0.3) is 0 Å². The van der Waals surface area contributed by atoms with Gasteiger partial charge in [-0.2, -0.15) is 0 Å². The highest BCUT2D eigenvalue weighted by molar-refractivity contribution is 6.31. The number of ether oxygens (including phenoxy) is 2. The third-order valence-corrected chi connectivity index (χ3v) is 4.97. The number of anilines is 2. The Morgan fingerprint density at radius 2 is 1.65 bits per heavy atom. The molecule has 7 heteroatoms. The van der Waals surface area contributed by atoms with Crippen molar-refractivity contribution < 1.29 is 14.3 Å². The number of carbonyl (C=O) groups excluding carboxylic acids is 1. The number of nitrogens with one attached hydrogen (secondary N) is 2. The lowest BCUT2D eigenvalue weighted by atomic mass is 10.2. The van der Waals surface area contributed by atoms with Crippen LogP contribution in [0.5, 0.6) is 11.5 Å². The van der Waals surface area contributed by atoms with Crippen LogP contribution in [0.25, 0.3) is 0 Å².